The van der Waals surface area contributed by atoms with Crippen molar-refractivity contribution < 1.29 is 73.2 Å². The van der Waals surface area contributed by atoms with Crippen molar-refractivity contribution in [1.29, 1.82) is 5.41 Å². The lowest BCUT2D eigenvalue weighted by Crippen LogP contribution is -2.21. The fraction of sp³-hybridized carbons (Fsp3) is 0.273. The van der Waals surface area contributed by atoms with E-state index in [0.717, 1.165) is 6.07 Å². The minimum absolute atomic E-state index is 0.0134. The smallest absolute Gasteiger partial charge is 0.490 e. The van der Waals surface area contributed by atoms with Crippen molar-refractivity contribution in [3.63, 3.8) is 0 Å². The lowest BCUT2D eigenvalue weighted by molar-refractivity contribution is -0.193. The van der Waals surface area contributed by atoms with Crippen molar-refractivity contribution in [3.05, 3.63) is 89.6 Å². The first-order valence-corrected chi connectivity index (χ1v) is 15.0. The molecule has 0 fully saturated rings. The van der Waals surface area contributed by atoms with E-state index in [4.69, 9.17) is 40.4 Å². The van der Waals surface area contributed by atoms with Crippen LogP contribution in [-0.2, 0) is 22.3 Å². The molecule has 0 aliphatic rings. The minimum Gasteiger partial charge on any atom is -0.494 e. The number of nitrogens with two attached hydrogens (primary N) is 1. The topological polar surface area (TPSA) is 175 Å². The summed E-state index contributed by atoms with van der Waals surface area (Å²) < 4.78 is 132. The van der Waals surface area contributed by atoms with E-state index < -0.39 is 41.8 Å². The predicted molar refractivity (Wildman–Crippen MR) is 173 cm³/mol. The zero-order valence-corrected chi connectivity index (χ0v) is 28.1. The van der Waals surface area contributed by atoms with Crippen molar-refractivity contribution >= 4 is 29.1 Å². The maximum absolute atomic E-state index is 15.9. The van der Waals surface area contributed by atoms with Crippen molar-refractivity contribution in [2.45, 2.75) is 51.9 Å². The first-order valence-electron chi connectivity index (χ1n) is 15.0. The second kappa shape index (κ2) is 18.1. The Hall–Kier alpha value is -6.02. The first kappa shape index (κ1) is 44.1. The third-order valence-electron chi connectivity index (χ3n) is 6.38. The number of hydrogen-bond donors (Lipinski definition) is 5. The van der Waals surface area contributed by atoms with Crippen LogP contribution in [0.3, 0.4) is 0 Å². The molecule has 0 aliphatic heterocycles. The van der Waals surface area contributed by atoms with Gasteiger partial charge in [0.2, 0.25) is 0 Å². The molecule has 3 aromatic carbocycles. The molecule has 21 heteroatoms. The molecule has 294 valence electrons. The number of carboxylic acid groups (broad SMARTS) is 2. The normalized spacial score (nSPS) is 11.4. The lowest BCUT2D eigenvalue weighted by Gasteiger charge is -2.26. The second-order valence-electron chi connectivity index (χ2n) is 10.8. The highest BCUT2D eigenvalue weighted by Crippen LogP contribution is 2.39. The number of benzene rings is 3. The summed E-state index contributed by atoms with van der Waals surface area (Å²) in [5.74, 6) is -5.65. The summed E-state index contributed by atoms with van der Waals surface area (Å²) in [6, 6.07) is 14.7. The molecule has 0 radical (unpaired) electrons. The summed E-state index contributed by atoms with van der Waals surface area (Å²) in [4.78, 5) is 26.7. The number of ether oxygens (including phenoxy) is 2. The van der Waals surface area contributed by atoms with Crippen LogP contribution in [0.5, 0.6) is 11.5 Å². The van der Waals surface area contributed by atoms with Crippen LogP contribution in [-0.4, -0.2) is 63.0 Å². The number of imidazole rings is 1. The molecule has 54 heavy (non-hydrogen) atoms. The molecule has 4 rings (SSSR count). The number of alkyl halides is 9. The van der Waals surface area contributed by atoms with Crippen LogP contribution in [0.2, 0.25) is 0 Å². The maximum atomic E-state index is 15.9. The minimum atomic E-state index is -5.08. The molecule has 0 spiro atoms. The molecule has 0 saturated heterocycles. The van der Waals surface area contributed by atoms with Crippen molar-refractivity contribution in [3.8, 4) is 22.8 Å². The number of carboxylic acids is 2. The van der Waals surface area contributed by atoms with E-state index in [2.05, 4.69) is 9.97 Å². The summed E-state index contributed by atoms with van der Waals surface area (Å²) in [6.45, 7) is 5.63. The molecule has 0 atom stereocenters. The number of halogens is 10. The fourth-order valence-corrected chi connectivity index (χ4v) is 4.17. The van der Waals surface area contributed by atoms with E-state index in [1.54, 1.807) is 49.9 Å². The number of nitrogens with zero attached hydrogens (tertiary/aromatic N) is 2. The molecule has 0 amide bonds. The molecule has 4 aromatic rings. The average Bonchev–Trinajstić information content (AvgIpc) is 3.53. The summed E-state index contributed by atoms with van der Waals surface area (Å²) in [5.41, 5.74) is 5.90. The van der Waals surface area contributed by atoms with E-state index in [1.165, 1.54) is 36.5 Å². The van der Waals surface area contributed by atoms with Gasteiger partial charge in [0.1, 0.15) is 17.4 Å². The van der Waals surface area contributed by atoms with Gasteiger partial charge < -0.3 is 35.3 Å². The number of nitrogens with one attached hydrogen (secondary N) is 2. The van der Waals surface area contributed by atoms with Crippen LogP contribution in [0.15, 0.2) is 66.9 Å². The molecular weight excluding hydrogens is 752 g/mol. The number of rotatable bonds is 10. The number of aliphatic carboxylic acids is 2. The van der Waals surface area contributed by atoms with Crippen molar-refractivity contribution in [2.24, 2.45) is 5.73 Å². The Kier molecular flexibility index (Phi) is 14.8. The third-order valence-corrected chi connectivity index (χ3v) is 6.38. The van der Waals surface area contributed by atoms with E-state index >= 15 is 4.39 Å². The molecule has 6 N–H and O–H groups in total. The molecule has 11 nitrogen and oxygen atoms in total. The van der Waals surface area contributed by atoms with Gasteiger partial charge in [-0.15, -0.1) is 0 Å². The zero-order chi connectivity index (χ0) is 41.2. The van der Waals surface area contributed by atoms with Gasteiger partial charge >= 0.3 is 30.5 Å². The lowest BCUT2D eigenvalue weighted by atomic mass is 10.1. The zero-order valence-electron chi connectivity index (χ0n) is 28.1. The highest BCUT2D eigenvalue weighted by atomic mass is 19.4. The van der Waals surface area contributed by atoms with Gasteiger partial charge in [-0.3, -0.25) is 5.41 Å². The van der Waals surface area contributed by atoms with Crippen LogP contribution in [0, 0.1) is 11.2 Å². The predicted octanol–water partition coefficient (Wildman–Crippen LogP) is 8.31. The van der Waals surface area contributed by atoms with Crippen LogP contribution in [0.4, 0.5) is 55.3 Å². The fourth-order valence-electron chi connectivity index (χ4n) is 4.17. The van der Waals surface area contributed by atoms with Crippen molar-refractivity contribution in [1.82, 2.24) is 9.97 Å². The molecule has 0 bridgehead atoms. The molecule has 0 saturated carbocycles. The van der Waals surface area contributed by atoms with Gasteiger partial charge in [-0.25, -0.2) is 19.0 Å². The largest absolute Gasteiger partial charge is 0.494 e. The Morgan fingerprint density at radius 1 is 0.926 bits per heavy atom. The number of carbonyl (C=O) groups is 2. The highest BCUT2D eigenvalue weighted by Gasteiger charge is 2.39. The summed E-state index contributed by atoms with van der Waals surface area (Å²) >= 11 is 0. The Bertz CT molecular complexity index is 1870. The number of H-pyrrole nitrogens is 1. The number of aromatic amines is 1. The third kappa shape index (κ3) is 12.9. The Labute approximate surface area is 299 Å². The first-order chi connectivity index (χ1) is 24.9. The van der Waals surface area contributed by atoms with E-state index in [1.807, 2.05) is 0 Å². The summed E-state index contributed by atoms with van der Waals surface area (Å²) in [7, 11) is 0. The highest BCUT2D eigenvalue weighted by molar-refractivity contribution is 5.95. The molecule has 0 unspecified atom stereocenters. The number of nitrogen functional groups attached to an aromatic ring is 1. The van der Waals surface area contributed by atoms with Gasteiger partial charge in [0.05, 0.1) is 36.2 Å². The van der Waals surface area contributed by atoms with Crippen LogP contribution < -0.4 is 20.1 Å². The number of aromatic nitrogens is 2. The molecule has 1 aromatic heterocycles. The van der Waals surface area contributed by atoms with Gasteiger partial charge in [-0.2, -0.15) is 39.5 Å². The molecule has 0 aliphatic carbocycles. The number of anilines is 2. The number of amidine groups is 1. The second-order valence-corrected chi connectivity index (χ2v) is 10.8. The number of hydrogen-bond acceptors (Lipinski definition) is 7. The maximum Gasteiger partial charge on any atom is 0.490 e. The van der Waals surface area contributed by atoms with E-state index in [-0.39, 0.29) is 47.0 Å². The Balaban J connectivity index is 0.000000610. The van der Waals surface area contributed by atoms with Crippen LogP contribution in [0.1, 0.15) is 37.7 Å². The monoisotopic (exact) mass is 783 g/mol. The Morgan fingerprint density at radius 3 is 1.93 bits per heavy atom. The quantitative estimate of drug-likeness (QED) is 0.0602. The SMILES string of the molecule is CCOc1cc(OC(C)C)c(F)c(N(Cc2nc(-c3ccccc3C(F)(F)F)c[nH]2)c2ccc(C(=N)N)cc2)c1.O=C(O)C(F)(F)F.O=C(O)C(F)(F)F. The molecule has 1 heterocycles. The summed E-state index contributed by atoms with van der Waals surface area (Å²) in [6.07, 6.45) is -13.7. The molecular formula is C33H31F10N5O6. The van der Waals surface area contributed by atoms with Gasteiger partial charge in [0, 0.05) is 35.1 Å². The summed E-state index contributed by atoms with van der Waals surface area (Å²) in [5, 5.41) is 21.9. The van der Waals surface area contributed by atoms with E-state index in [0.29, 0.717) is 23.6 Å². The standard InChI is InChI=1S/C29H29F4N5O2.2C2HF3O2/c1-4-39-20-13-24(27(30)25(14-20)40-17(2)3)38(19-11-9-18(10-12-19)28(34)35)16-26-36-15-23(37-26)21-7-5-6-8-22(21)29(31,32)33;2*3-2(4,5)1(6)7/h5-15,17H,4,16H2,1-3H3,(H3,34,35)(H,36,37);2*(H,6,7). The van der Waals surface area contributed by atoms with E-state index in [9.17, 15) is 39.5 Å². The Morgan fingerprint density at radius 2 is 1.46 bits per heavy atom. The van der Waals surface area contributed by atoms with Crippen molar-refractivity contribution in [2.75, 3.05) is 11.5 Å². The van der Waals surface area contributed by atoms with Gasteiger partial charge in [-0.1, -0.05) is 18.2 Å². The van der Waals surface area contributed by atoms with Gasteiger partial charge in [0.25, 0.3) is 0 Å². The van der Waals surface area contributed by atoms with Crippen LogP contribution >= 0.6 is 0 Å². The van der Waals surface area contributed by atoms with Gasteiger partial charge in [-0.05, 0) is 51.1 Å². The average molecular weight is 784 g/mol. The van der Waals surface area contributed by atoms with Crippen LogP contribution in [0.25, 0.3) is 11.3 Å². The van der Waals surface area contributed by atoms with Gasteiger partial charge in [0.15, 0.2) is 11.6 Å².